The molecule has 0 bridgehead atoms. The molecule has 5 nitrogen and oxygen atoms in total. The molecular formula is C18H32IN3O2S. The highest BCUT2D eigenvalue weighted by Gasteiger charge is 2.07. The van der Waals surface area contributed by atoms with Crippen molar-refractivity contribution < 1.29 is 9.53 Å². The minimum absolute atomic E-state index is 0. The lowest BCUT2D eigenvalue weighted by molar-refractivity contribution is -0.140. The maximum Gasteiger partial charge on any atom is 0.305 e. The Bertz CT molecular complexity index is 520. The van der Waals surface area contributed by atoms with Crippen molar-refractivity contribution in [1.82, 2.24) is 10.6 Å². The Hall–Kier alpha value is -0.830. The van der Waals surface area contributed by atoms with E-state index < -0.39 is 0 Å². The average Bonchev–Trinajstić information content (AvgIpc) is 2.95. The Morgan fingerprint density at radius 1 is 1.32 bits per heavy atom. The summed E-state index contributed by atoms with van der Waals surface area (Å²) in [4.78, 5) is 18.4. The third-order valence-corrected chi connectivity index (χ3v) is 4.59. The number of unbranched alkanes of at least 4 members (excludes halogenated alkanes) is 2. The van der Waals surface area contributed by atoms with Gasteiger partial charge in [0.2, 0.25) is 0 Å². The summed E-state index contributed by atoms with van der Waals surface area (Å²) in [6.45, 7) is 8.00. The summed E-state index contributed by atoms with van der Waals surface area (Å²) >= 11 is 1.85. The largest absolute Gasteiger partial charge is 0.469 e. The number of rotatable bonds is 10. The molecule has 1 aromatic heterocycles. The molecule has 0 fully saturated rings. The van der Waals surface area contributed by atoms with Crippen LogP contribution in [0.15, 0.2) is 17.1 Å². The van der Waals surface area contributed by atoms with Gasteiger partial charge in [0.1, 0.15) is 0 Å². The van der Waals surface area contributed by atoms with E-state index in [4.69, 9.17) is 0 Å². The second-order valence-electron chi connectivity index (χ2n) is 5.91. The first-order valence-corrected chi connectivity index (χ1v) is 9.53. The lowest BCUT2D eigenvalue weighted by atomic mass is 10.2. The molecule has 25 heavy (non-hydrogen) atoms. The Morgan fingerprint density at radius 3 is 2.68 bits per heavy atom. The fourth-order valence-corrected chi connectivity index (χ4v) is 3.37. The van der Waals surface area contributed by atoms with Crippen LogP contribution >= 0.6 is 35.3 Å². The zero-order valence-electron chi connectivity index (χ0n) is 15.8. The average molecular weight is 481 g/mol. The number of hydrogen-bond acceptors (Lipinski definition) is 4. The van der Waals surface area contributed by atoms with Crippen molar-refractivity contribution in [3.63, 3.8) is 0 Å². The van der Waals surface area contributed by atoms with Crippen LogP contribution in [0.3, 0.4) is 0 Å². The van der Waals surface area contributed by atoms with E-state index in [9.17, 15) is 4.79 Å². The van der Waals surface area contributed by atoms with E-state index in [1.807, 2.05) is 11.3 Å². The van der Waals surface area contributed by atoms with Gasteiger partial charge in [0.25, 0.3) is 0 Å². The summed E-state index contributed by atoms with van der Waals surface area (Å²) in [7, 11) is 1.43. The number of aryl methyl sites for hydroxylation is 1. The van der Waals surface area contributed by atoms with Gasteiger partial charge in [-0.05, 0) is 45.7 Å². The highest BCUT2D eigenvalue weighted by Crippen LogP contribution is 2.16. The first-order chi connectivity index (χ1) is 11.5. The zero-order valence-corrected chi connectivity index (χ0v) is 18.9. The molecule has 0 saturated carbocycles. The van der Waals surface area contributed by atoms with Crippen LogP contribution in [-0.2, 0) is 16.0 Å². The zero-order chi connectivity index (χ0) is 17.8. The van der Waals surface area contributed by atoms with Gasteiger partial charge in [-0.2, -0.15) is 0 Å². The van der Waals surface area contributed by atoms with E-state index >= 15 is 0 Å². The second-order valence-corrected chi connectivity index (χ2v) is 7.28. The van der Waals surface area contributed by atoms with Gasteiger partial charge in [0, 0.05) is 41.7 Å². The molecule has 7 heteroatoms. The Kier molecular flexibility index (Phi) is 13.9. The highest BCUT2D eigenvalue weighted by molar-refractivity contribution is 14.0. The number of thiophene rings is 1. The SMILES string of the molecule is CCNC(=NCCCCCC(=O)OC)NC(C)Cc1ccc(C)s1.I. The van der Waals surface area contributed by atoms with Crippen LogP contribution in [0.4, 0.5) is 0 Å². The smallest absolute Gasteiger partial charge is 0.305 e. The molecule has 1 unspecified atom stereocenters. The number of halogens is 1. The van der Waals surface area contributed by atoms with Crippen LogP contribution < -0.4 is 10.6 Å². The molecule has 1 rings (SSSR count). The van der Waals surface area contributed by atoms with Gasteiger partial charge in [0.05, 0.1) is 7.11 Å². The number of aliphatic imine (C=N–C) groups is 1. The monoisotopic (exact) mass is 481 g/mol. The number of carbonyl (C=O) groups excluding carboxylic acids is 1. The number of hydrogen-bond donors (Lipinski definition) is 2. The van der Waals surface area contributed by atoms with Gasteiger partial charge < -0.3 is 15.4 Å². The summed E-state index contributed by atoms with van der Waals surface area (Å²) in [5, 5.41) is 6.76. The van der Waals surface area contributed by atoms with Gasteiger partial charge >= 0.3 is 5.97 Å². The summed E-state index contributed by atoms with van der Waals surface area (Å²) < 4.78 is 4.64. The number of esters is 1. The van der Waals surface area contributed by atoms with Gasteiger partial charge in [-0.1, -0.05) is 6.42 Å². The predicted molar refractivity (Wildman–Crippen MR) is 117 cm³/mol. The molecular weight excluding hydrogens is 449 g/mol. The lowest BCUT2D eigenvalue weighted by Gasteiger charge is -2.17. The number of ether oxygens (including phenoxy) is 1. The van der Waals surface area contributed by atoms with Crippen LogP contribution in [0, 0.1) is 6.92 Å². The molecule has 0 spiro atoms. The van der Waals surface area contributed by atoms with Crippen molar-refractivity contribution >= 4 is 47.2 Å². The summed E-state index contributed by atoms with van der Waals surface area (Å²) in [5.41, 5.74) is 0. The van der Waals surface area contributed by atoms with E-state index in [1.54, 1.807) is 0 Å². The van der Waals surface area contributed by atoms with Crippen molar-refractivity contribution in [2.75, 3.05) is 20.2 Å². The Morgan fingerprint density at radius 2 is 2.08 bits per heavy atom. The lowest BCUT2D eigenvalue weighted by Crippen LogP contribution is -2.43. The third kappa shape index (κ3) is 11.4. The van der Waals surface area contributed by atoms with E-state index in [2.05, 4.69) is 53.3 Å². The molecule has 0 aromatic carbocycles. The van der Waals surface area contributed by atoms with Gasteiger partial charge in [-0.3, -0.25) is 9.79 Å². The number of guanidine groups is 1. The maximum atomic E-state index is 11.0. The topological polar surface area (TPSA) is 62.7 Å². The first-order valence-electron chi connectivity index (χ1n) is 8.72. The molecule has 0 amide bonds. The van der Waals surface area contributed by atoms with Crippen molar-refractivity contribution in [1.29, 1.82) is 0 Å². The Balaban J connectivity index is 0.00000576. The minimum Gasteiger partial charge on any atom is -0.469 e. The molecule has 2 N–H and O–H groups in total. The van der Waals surface area contributed by atoms with Crippen LogP contribution in [0.5, 0.6) is 0 Å². The third-order valence-electron chi connectivity index (χ3n) is 3.57. The quantitative estimate of drug-likeness (QED) is 0.175. The molecule has 0 aliphatic heterocycles. The summed E-state index contributed by atoms with van der Waals surface area (Å²) in [6.07, 6.45) is 4.33. The van der Waals surface area contributed by atoms with Gasteiger partial charge in [0.15, 0.2) is 5.96 Å². The second kappa shape index (κ2) is 14.4. The molecule has 144 valence electrons. The van der Waals surface area contributed by atoms with Gasteiger partial charge in [-0.25, -0.2) is 0 Å². The molecule has 0 aliphatic carbocycles. The number of nitrogens with one attached hydrogen (secondary N) is 2. The maximum absolute atomic E-state index is 11.0. The van der Waals surface area contributed by atoms with E-state index in [0.29, 0.717) is 12.5 Å². The standard InChI is InChI=1S/C18H31N3O2S.HI/c1-5-19-18(20-12-8-6-7-9-17(22)23-4)21-14(2)13-16-11-10-15(3)24-16;/h10-11,14H,5-9,12-13H2,1-4H3,(H2,19,20,21);1H. The van der Waals surface area contributed by atoms with Crippen LogP contribution in [0.2, 0.25) is 0 Å². The molecule has 1 atom stereocenters. The molecule has 0 radical (unpaired) electrons. The van der Waals surface area contributed by atoms with Crippen LogP contribution in [-0.4, -0.2) is 38.2 Å². The number of nitrogens with zero attached hydrogens (tertiary/aromatic N) is 1. The van der Waals surface area contributed by atoms with Gasteiger partial charge in [-0.15, -0.1) is 35.3 Å². The van der Waals surface area contributed by atoms with Crippen molar-refractivity contribution in [3.05, 3.63) is 21.9 Å². The summed E-state index contributed by atoms with van der Waals surface area (Å²) in [5.74, 6) is 0.734. The number of carbonyl (C=O) groups is 1. The summed E-state index contributed by atoms with van der Waals surface area (Å²) in [6, 6.07) is 4.70. The van der Waals surface area contributed by atoms with Crippen molar-refractivity contribution in [2.24, 2.45) is 4.99 Å². The predicted octanol–water partition coefficient (Wildman–Crippen LogP) is 3.89. The van der Waals surface area contributed by atoms with E-state index in [0.717, 1.165) is 44.7 Å². The molecule has 1 aromatic rings. The highest BCUT2D eigenvalue weighted by atomic mass is 127. The molecule has 0 aliphatic rings. The van der Waals surface area contributed by atoms with E-state index in [-0.39, 0.29) is 29.9 Å². The molecule has 1 heterocycles. The van der Waals surface area contributed by atoms with Crippen molar-refractivity contribution in [3.8, 4) is 0 Å². The minimum atomic E-state index is -0.133. The van der Waals surface area contributed by atoms with Crippen LogP contribution in [0.25, 0.3) is 0 Å². The fourth-order valence-electron chi connectivity index (χ4n) is 2.35. The normalized spacial score (nSPS) is 12.2. The molecule has 0 saturated heterocycles. The van der Waals surface area contributed by atoms with Crippen molar-refractivity contribution in [2.45, 2.75) is 58.9 Å². The van der Waals surface area contributed by atoms with E-state index in [1.165, 1.54) is 16.9 Å². The van der Waals surface area contributed by atoms with Crippen LogP contribution in [0.1, 0.15) is 49.3 Å². The first kappa shape index (κ1) is 24.2. The fraction of sp³-hybridized carbons (Fsp3) is 0.667. The Labute approximate surface area is 173 Å². The number of methoxy groups -OCH3 is 1.